The van der Waals surface area contributed by atoms with E-state index in [-0.39, 0.29) is 0 Å². The number of rotatable bonds is 8. The Balaban J connectivity index is 1.48. The molecular formula is C32H40. The number of unbranched alkanes of at least 4 members (excludes halogenated alkanes) is 5. The third-order valence-corrected chi connectivity index (χ3v) is 6.82. The van der Waals surface area contributed by atoms with Gasteiger partial charge in [-0.05, 0) is 85.9 Å². The van der Waals surface area contributed by atoms with Gasteiger partial charge in [0.2, 0.25) is 0 Å². The third-order valence-electron chi connectivity index (χ3n) is 6.82. The molecular weight excluding hydrogens is 384 g/mol. The molecule has 0 radical (unpaired) electrons. The van der Waals surface area contributed by atoms with Gasteiger partial charge < -0.3 is 0 Å². The molecule has 1 aliphatic rings. The summed E-state index contributed by atoms with van der Waals surface area (Å²) in [5.41, 5.74) is 4.73. The predicted octanol–water partition coefficient (Wildman–Crippen LogP) is 8.87. The molecule has 1 fully saturated rings. The average Bonchev–Trinajstić information content (AvgIpc) is 2.85. The quantitative estimate of drug-likeness (QED) is 0.293. The van der Waals surface area contributed by atoms with Gasteiger partial charge in [0.05, 0.1) is 0 Å². The number of hydrogen-bond acceptors (Lipinski definition) is 0. The van der Waals surface area contributed by atoms with Gasteiger partial charge in [-0.3, -0.25) is 0 Å². The van der Waals surface area contributed by atoms with Gasteiger partial charge >= 0.3 is 0 Å². The van der Waals surface area contributed by atoms with Crippen molar-refractivity contribution < 1.29 is 0 Å². The maximum Gasteiger partial charge on any atom is 0.0249 e. The lowest BCUT2D eigenvalue weighted by atomic mass is 9.77. The fourth-order valence-electron chi connectivity index (χ4n) is 4.70. The van der Waals surface area contributed by atoms with Gasteiger partial charge in [-0.1, -0.05) is 88.2 Å². The Morgan fingerprint density at radius 2 is 1.19 bits per heavy atom. The molecule has 0 N–H and O–H groups in total. The molecule has 0 heteroatoms. The third kappa shape index (κ3) is 8.24. The Kier molecular flexibility index (Phi) is 10.5. The van der Waals surface area contributed by atoms with Crippen LogP contribution in [0.1, 0.15) is 119 Å². The van der Waals surface area contributed by atoms with Crippen LogP contribution in [-0.2, 0) is 0 Å². The van der Waals surface area contributed by atoms with Gasteiger partial charge in [-0.15, -0.1) is 0 Å². The Morgan fingerprint density at radius 3 is 1.78 bits per heavy atom. The lowest BCUT2D eigenvalue weighted by molar-refractivity contribution is 0.304. The maximum absolute atomic E-state index is 3.33. The van der Waals surface area contributed by atoms with Crippen LogP contribution in [0.25, 0.3) is 0 Å². The molecule has 0 nitrogen and oxygen atoms in total. The molecule has 2 aromatic carbocycles. The van der Waals surface area contributed by atoms with Crippen molar-refractivity contribution in [3.8, 4) is 23.7 Å². The molecule has 0 heterocycles. The number of hydrogen-bond donors (Lipinski definition) is 0. The maximum atomic E-state index is 3.33. The van der Waals surface area contributed by atoms with E-state index in [1.165, 1.54) is 76.2 Å². The van der Waals surface area contributed by atoms with Crippen molar-refractivity contribution in [1.29, 1.82) is 0 Å². The predicted molar refractivity (Wildman–Crippen MR) is 139 cm³/mol. The molecule has 0 aromatic heterocycles. The summed E-state index contributed by atoms with van der Waals surface area (Å²) >= 11 is 0. The van der Waals surface area contributed by atoms with Crippen LogP contribution in [0.4, 0.5) is 0 Å². The molecule has 0 bridgehead atoms. The van der Waals surface area contributed by atoms with E-state index < -0.39 is 0 Å². The highest BCUT2D eigenvalue weighted by Gasteiger charge is 2.21. The minimum absolute atomic E-state index is 0.746. The molecule has 0 atom stereocenters. The summed E-state index contributed by atoms with van der Waals surface area (Å²) in [6.45, 7) is 4.54. The van der Waals surface area contributed by atoms with E-state index in [4.69, 9.17) is 0 Å². The van der Waals surface area contributed by atoms with E-state index in [0.717, 1.165) is 34.9 Å². The van der Waals surface area contributed by atoms with E-state index in [1.54, 1.807) is 0 Å². The van der Waals surface area contributed by atoms with E-state index in [9.17, 15) is 0 Å². The topological polar surface area (TPSA) is 0 Å². The summed E-state index contributed by atoms with van der Waals surface area (Å²) in [6, 6.07) is 17.3. The van der Waals surface area contributed by atoms with E-state index in [2.05, 4.69) is 86.1 Å². The van der Waals surface area contributed by atoms with Crippen molar-refractivity contribution in [1.82, 2.24) is 0 Å². The summed E-state index contributed by atoms with van der Waals surface area (Å²) < 4.78 is 0. The average molecular weight is 425 g/mol. The van der Waals surface area contributed by atoms with Crippen molar-refractivity contribution >= 4 is 0 Å². The molecule has 3 rings (SSSR count). The van der Waals surface area contributed by atoms with E-state index in [1.807, 2.05) is 0 Å². The molecule has 168 valence electrons. The molecule has 2 aromatic rings. The molecule has 0 unspecified atom stereocenters. The van der Waals surface area contributed by atoms with Gasteiger partial charge in [-0.25, -0.2) is 0 Å². The largest absolute Gasteiger partial charge is 0.0979 e. The molecule has 0 amide bonds. The summed E-state index contributed by atoms with van der Waals surface area (Å²) in [4.78, 5) is 0. The van der Waals surface area contributed by atoms with Crippen molar-refractivity contribution in [2.24, 2.45) is 5.92 Å². The smallest absolute Gasteiger partial charge is 0.0249 e. The van der Waals surface area contributed by atoms with Gasteiger partial charge in [0, 0.05) is 23.1 Å². The molecule has 0 spiro atoms. The first kappa shape index (κ1) is 24.2. The Morgan fingerprint density at radius 1 is 0.625 bits per heavy atom. The minimum atomic E-state index is 0.746. The lowest BCUT2D eigenvalue weighted by Gasteiger charge is -2.28. The van der Waals surface area contributed by atoms with Crippen LogP contribution in [0.5, 0.6) is 0 Å². The number of benzene rings is 2. The Labute approximate surface area is 197 Å². The molecule has 32 heavy (non-hydrogen) atoms. The summed E-state index contributed by atoms with van der Waals surface area (Å²) in [6.07, 6.45) is 15.8. The lowest BCUT2D eigenvalue weighted by Crippen LogP contribution is -2.13. The first-order valence-corrected chi connectivity index (χ1v) is 13.0. The fraction of sp³-hybridized carbons (Fsp3) is 0.500. The van der Waals surface area contributed by atoms with Crippen LogP contribution < -0.4 is 0 Å². The summed E-state index contributed by atoms with van der Waals surface area (Å²) in [5, 5.41) is 0. The second-order valence-electron chi connectivity index (χ2n) is 9.42. The molecule has 0 aliphatic heterocycles. The van der Waals surface area contributed by atoms with E-state index >= 15 is 0 Å². The highest BCUT2D eigenvalue weighted by Crippen LogP contribution is 2.37. The monoisotopic (exact) mass is 424 g/mol. The first-order chi connectivity index (χ1) is 15.8. The van der Waals surface area contributed by atoms with Gasteiger partial charge in [0.25, 0.3) is 0 Å². The highest BCUT2D eigenvalue weighted by atomic mass is 14.3. The van der Waals surface area contributed by atoms with Crippen molar-refractivity contribution in [2.75, 3.05) is 0 Å². The highest BCUT2D eigenvalue weighted by molar-refractivity contribution is 5.46. The van der Waals surface area contributed by atoms with Crippen LogP contribution in [0, 0.1) is 29.6 Å². The molecule has 1 saturated carbocycles. The zero-order valence-corrected chi connectivity index (χ0v) is 20.3. The Bertz CT molecular complexity index is 900. The standard InChI is InChI=1S/C32H40/c1-3-5-7-8-9-10-12-28-13-15-29(16-14-28)17-18-30-21-25-32(26-22-30)31-23-19-27(20-24-31)11-6-4-2/h13-16,21-22,25-27,31H,3-9,11,19-20,23-24H2,1-2H3/t27-,31-. The SMILES string of the molecule is CCCCCCC#Cc1ccc(C#Cc2ccc([C@H]3CC[C@H](CCCC)CC3)cc2)cc1. The molecule has 1 aliphatic carbocycles. The minimum Gasteiger partial charge on any atom is -0.0979 e. The van der Waals surface area contributed by atoms with Crippen molar-refractivity contribution in [2.45, 2.75) is 96.8 Å². The Hall–Kier alpha value is -2.44. The summed E-state index contributed by atoms with van der Waals surface area (Å²) in [7, 11) is 0. The van der Waals surface area contributed by atoms with Gasteiger partial charge in [0.1, 0.15) is 0 Å². The second kappa shape index (κ2) is 13.9. The molecule has 0 saturated heterocycles. The van der Waals surface area contributed by atoms with Crippen LogP contribution in [-0.4, -0.2) is 0 Å². The van der Waals surface area contributed by atoms with Gasteiger partial charge in [-0.2, -0.15) is 0 Å². The van der Waals surface area contributed by atoms with E-state index in [0.29, 0.717) is 0 Å². The zero-order valence-electron chi connectivity index (χ0n) is 20.3. The first-order valence-electron chi connectivity index (χ1n) is 13.0. The van der Waals surface area contributed by atoms with Gasteiger partial charge in [0.15, 0.2) is 0 Å². The normalized spacial score (nSPS) is 17.7. The second-order valence-corrected chi connectivity index (χ2v) is 9.42. The van der Waals surface area contributed by atoms with Crippen LogP contribution in [0.15, 0.2) is 48.5 Å². The van der Waals surface area contributed by atoms with Crippen LogP contribution in [0.2, 0.25) is 0 Å². The van der Waals surface area contributed by atoms with Crippen molar-refractivity contribution in [3.05, 3.63) is 70.8 Å². The fourth-order valence-corrected chi connectivity index (χ4v) is 4.70. The summed E-state index contributed by atoms with van der Waals surface area (Å²) in [5.74, 6) is 14.9. The van der Waals surface area contributed by atoms with Crippen molar-refractivity contribution in [3.63, 3.8) is 0 Å². The van der Waals surface area contributed by atoms with Crippen LogP contribution >= 0.6 is 0 Å². The zero-order chi connectivity index (χ0) is 22.4. The van der Waals surface area contributed by atoms with Crippen LogP contribution in [0.3, 0.4) is 0 Å².